The van der Waals surface area contributed by atoms with E-state index < -0.39 is 0 Å². The minimum Gasteiger partial charge on any atom is -0.466 e. The Hall–Kier alpha value is -2.41. The number of aromatic nitrogens is 1. The van der Waals surface area contributed by atoms with Crippen molar-refractivity contribution in [1.82, 2.24) is 4.98 Å². The van der Waals surface area contributed by atoms with Gasteiger partial charge in [-0.2, -0.15) is 0 Å². The molecule has 0 atom stereocenters. The monoisotopic (exact) mass is 345 g/mol. The van der Waals surface area contributed by atoms with Crippen LogP contribution in [0.1, 0.15) is 18.2 Å². The van der Waals surface area contributed by atoms with Crippen LogP contribution in [0.2, 0.25) is 0 Å². The van der Waals surface area contributed by atoms with E-state index in [1.165, 1.54) is 16.9 Å². The van der Waals surface area contributed by atoms with Crippen LogP contribution >= 0.6 is 11.3 Å². The molecular weight excluding hydrogens is 326 g/mol. The lowest BCUT2D eigenvalue weighted by Gasteiger charge is -2.18. The van der Waals surface area contributed by atoms with E-state index in [0.29, 0.717) is 24.0 Å². The number of carbonyl (C=O) groups excluding carboxylic acids is 2. The number of amides is 1. The Morgan fingerprint density at radius 3 is 3.04 bits per heavy atom. The number of para-hydroxylation sites is 1. The Morgan fingerprint density at radius 2 is 2.21 bits per heavy atom. The van der Waals surface area contributed by atoms with Gasteiger partial charge in [-0.3, -0.25) is 9.59 Å². The van der Waals surface area contributed by atoms with E-state index in [1.54, 1.807) is 12.3 Å². The van der Waals surface area contributed by atoms with Crippen molar-refractivity contribution in [3.8, 4) is 0 Å². The maximum absolute atomic E-state index is 12.2. The van der Waals surface area contributed by atoms with Gasteiger partial charge in [0.05, 0.1) is 25.3 Å². The average molecular weight is 345 g/mol. The molecule has 1 aliphatic rings. The van der Waals surface area contributed by atoms with Gasteiger partial charge in [0.2, 0.25) is 5.91 Å². The second-order valence-corrected chi connectivity index (χ2v) is 6.33. The van der Waals surface area contributed by atoms with Crippen LogP contribution in [0.3, 0.4) is 0 Å². The summed E-state index contributed by atoms with van der Waals surface area (Å²) < 4.78 is 4.89. The number of anilines is 2. The second kappa shape index (κ2) is 7.44. The number of hydrogen-bond acceptors (Lipinski definition) is 6. The highest BCUT2D eigenvalue weighted by molar-refractivity contribution is 7.13. The van der Waals surface area contributed by atoms with E-state index in [1.807, 2.05) is 18.2 Å². The molecule has 1 amide bonds. The molecule has 0 fully saturated rings. The van der Waals surface area contributed by atoms with Crippen LogP contribution in [0, 0.1) is 0 Å². The van der Waals surface area contributed by atoms with E-state index in [4.69, 9.17) is 4.74 Å². The first-order chi connectivity index (χ1) is 11.7. The standard InChI is InChI=1S/C17H19N3O3S/c1-2-23-16(22)9-13-11-24-17(18-13)19-15(21)10-20-8-7-12-5-3-4-6-14(12)20/h3-6,11H,2,7-10H2,1H3,(H,18,19,21). The number of nitrogens with zero attached hydrogens (tertiary/aromatic N) is 2. The molecule has 1 aromatic heterocycles. The SMILES string of the molecule is CCOC(=O)Cc1csc(NC(=O)CN2CCc3ccccc32)n1. The summed E-state index contributed by atoms with van der Waals surface area (Å²) in [6.07, 6.45) is 1.09. The van der Waals surface area contributed by atoms with Crippen LogP contribution in [0.4, 0.5) is 10.8 Å². The van der Waals surface area contributed by atoms with E-state index in [2.05, 4.69) is 21.3 Å². The van der Waals surface area contributed by atoms with Crippen LogP contribution in [0.25, 0.3) is 0 Å². The van der Waals surface area contributed by atoms with E-state index in [0.717, 1.165) is 18.7 Å². The molecule has 0 unspecified atom stereocenters. The molecule has 7 heteroatoms. The maximum atomic E-state index is 12.2. The fraction of sp³-hybridized carbons (Fsp3) is 0.353. The van der Waals surface area contributed by atoms with Crippen LogP contribution in [-0.4, -0.2) is 36.6 Å². The number of ether oxygens (including phenoxy) is 1. The fourth-order valence-corrected chi connectivity index (χ4v) is 3.43. The van der Waals surface area contributed by atoms with Gasteiger partial charge in [0.25, 0.3) is 0 Å². The number of carbonyl (C=O) groups is 2. The van der Waals surface area contributed by atoms with E-state index in [9.17, 15) is 9.59 Å². The van der Waals surface area contributed by atoms with Crippen LogP contribution in [0.15, 0.2) is 29.6 Å². The van der Waals surface area contributed by atoms with Crippen molar-refractivity contribution in [2.24, 2.45) is 0 Å². The molecule has 6 nitrogen and oxygen atoms in total. The number of thiazole rings is 1. The van der Waals surface area contributed by atoms with Crippen molar-refractivity contribution in [1.29, 1.82) is 0 Å². The molecule has 126 valence electrons. The summed E-state index contributed by atoms with van der Waals surface area (Å²) in [6.45, 7) is 3.26. The minimum absolute atomic E-state index is 0.108. The minimum atomic E-state index is -0.311. The summed E-state index contributed by atoms with van der Waals surface area (Å²) in [5, 5.41) is 5.07. The Morgan fingerprint density at radius 1 is 1.38 bits per heavy atom. The zero-order valence-electron chi connectivity index (χ0n) is 13.4. The van der Waals surface area contributed by atoms with Crippen molar-refractivity contribution in [2.75, 3.05) is 29.9 Å². The number of nitrogens with one attached hydrogen (secondary N) is 1. The summed E-state index contributed by atoms with van der Waals surface area (Å²) >= 11 is 1.31. The lowest BCUT2D eigenvalue weighted by molar-refractivity contribution is -0.142. The number of esters is 1. The third-order valence-corrected chi connectivity index (χ3v) is 4.55. The first-order valence-electron chi connectivity index (χ1n) is 7.88. The second-order valence-electron chi connectivity index (χ2n) is 5.47. The largest absolute Gasteiger partial charge is 0.466 e. The summed E-state index contributed by atoms with van der Waals surface area (Å²) in [6, 6.07) is 8.13. The Bertz CT molecular complexity index is 744. The molecule has 1 N–H and O–H groups in total. The van der Waals surface area contributed by atoms with E-state index in [-0.39, 0.29) is 18.3 Å². The maximum Gasteiger partial charge on any atom is 0.311 e. The lowest BCUT2D eigenvalue weighted by atomic mass is 10.2. The lowest BCUT2D eigenvalue weighted by Crippen LogP contribution is -2.31. The summed E-state index contributed by atoms with van der Waals surface area (Å²) in [5.74, 6) is -0.418. The average Bonchev–Trinajstić information content (AvgIpc) is 3.15. The number of fused-ring (bicyclic) bond motifs is 1. The summed E-state index contributed by atoms with van der Waals surface area (Å²) in [5.41, 5.74) is 3.01. The highest BCUT2D eigenvalue weighted by Gasteiger charge is 2.21. The van der Waals surface area contributed by atoms with Crippen molar-refractivity contribution in [3.63, 3.8) is 0 Å². The van der Waals surface area contributed by atoms with Gasteiger partial charge in [-0.1, -0.05) is 18.2 Å². The Balaban J connectivity index is 1.54. The Kier molecular flexibility index (Phi) is 5.10. The fourth-order valence-electron chi connectivity index (χ4n) is 2.71. The van der Waals surface area contributed by atoms with Gasteiger partial charge in [0.1, 0.15) is 0 Å². The van der Waals surface area contributed by atoms with Gasteiger partial charge in [-0.15, -0.1) is 11.3 Å². The first kappa shape index (κ1) is 16.4. The third-order valence-electron chi connectivity index (χ3n) is 3.75. The van der Waals surface area contributed by atoms with E-state index >= 15 is 0 Å². The predicted octanol–water partition coefficient (Wildman–Crippen LogP) is 2.25. The molecule has 0 saturated heterocycles. The van der Waals surface area contributed by atoms with Crippen molar-refractivity contribution < 1.29 is 14.3 Å². The predicted molar refractivity (Wildman–Crippen MR) is 93.4 cm³/mol. The molecule has 1 aromatic carbocycles. The van der Waals surface area contributed by atoms with Crippen LogP contribution < -0.4 is 10.2 Å². The summed E-state index contributed by atoms with van der Waals surface area (Å²) in [7, 11) is 0. The number of benzene rings is 1. The smallest absolute Gasteiger partial charge is 0.311 e. The molecule has 0 spiro atoms. The molecule has 2 aromatic rings. The normalized spacial score (nSPS) is 12.8. The molecule has 0 aliphatic carbocycles. The zero-order chi connectivity index (χ0) is 16.9. The van der Waals surface area contributed by atoms with Crippen LogP contribution in [-0.2, 0) is 27.2 Å². The first-order valence-corrected chi connectivity index (χ1v) is 8.76. The molecule has 1 aliphatic heterocycles. The zero-order valence-corrected chi connectivity index (χ0v) is 14.3. The van der Waals surface area contributed by atoms with Gasteiger partial charge in [-0.05, 0) is 25.0 Å². The quantitative estimate of drug-likeness (QED) is 0.813. The van der Waals surface area contributed by atoms with Gasteiger partial charge in [0.15, 0.2) is 5.13 Å². The number of rotatable bonds is 6. The van der Waals surface area contributed by atoms with Crippen molar-refractivity contribution >= 4 is 34.0 Å². The van der Waals surface area contributed by atoms with Gasteiger partial charge in [0, 0.05) is 17.6 Å². The van der Waals surface area contributed by atoms with Gasteiger partial charge < -0.3 is 15.0 Å². The molecule has 2 heterocycles. The topological polar surface area (TPSA) is 71.5 Å². The van der Waals surface area contributed by atoms with Crippen molar-refractivity contribution in [3.05, 3.63) is 40.9 Å². The highest BCUT2D eigenvalue weighted by Crippen LogP contribution is 2.27. The molecule has 0 radical (unpaired) electrons. The summed E-state index contributed by atoms with van der Waals surface area (Å²) in [4.78, 5) is 30.0. The highest BCUT2D eigenvalue weighted by atomic mass is 32.1. The Labute approximate surface area is 144 Å². The molecular formula is C17H19N3O3S. The van der Waals surface area contributed by atoms with Crippen molar-refractivity contribution in [2.45, 2.75) is 19.8 Å². The van der Waals surface area contributed by atoms with Gasteiger partial charge >= 0.3 is 5.97 Å². The van der Waals surface area contributed by atoms with Crippen LogP contribution in [0.5, 0.6) is 0 Å². The molecule has 0 saturated carbocycles. The number of hydrogen-bond donors (Lipinski definition) is 1. The van der Waals surface area contributed by atoms with Gasteiger partial charge in [-0.25, -0.2) is 4.98 Å². The third kappa shape index (κ3) is 3.91. The molecule has 24 heavy (non-hydrogen) atoms. The molecule has 3 rings (SSSR count). The molecule has 0 bridgehead atoms.